The Morgan fingerprint density at radius 2 is 1.71 bits per heavy atom. The lowest BCUT2D eigenvalue weighted by atomic mass is 10.1. The molecule has 0 saturated carbocycles. The fraction of sp³-hybridized carbons (Fsp3) is 0.333. The lowest BCUT2D eigenvalue weighted by Gasteiger charge is -2.11. The SMILES string of the molecule is CCC(O)c1c(F)cc(F)c(F)c1F. The van der Waals surface area contributed by atoms with Gasteiger partial charge < -0.3 is 5.11 Å². The monoisotopic (exact) mass is 208 g/mol. The van der Waals surface area contributed by atoms with Crippen molar-refractivity contribution in [2.45, 2.75) is 19.4 Å². The maximum Gasteiger partial charge on any atom is 0.194 e. The maximum absolute atomic E-state index is 12.9. The van der Waals surface area contributed by atoms with Crippen LogP contribution in [0.4, 0.5) is 17.6 Å². The van der Waals surface area contributed by atoms with E-state index in [0.717, 1.165) is 0 Å². The van der Waals surface area contributed by atoms with Gasteiger partial charge in [0.05, 0.1) is 11.7 Å². The summed E-state index contributed by atoms with van der Waals surface area (Å²) in [7, 11) is 0. The highest BCUT2D eigenvalue weighted by Crippen LogP contribution is 2.26. The first-order valence-corrected chi connectivity index (χ1v) is 4.00. The highest BCUT2D eigenvalue weighted by atomic mass is 19.2. The molecule has 1 unspecified atom stereocenters. The maximum atomic E-state index is 12.9. The Morgan fingerprint density at radius 3 is 2.21 bits per heavy atom. The zero-order chi connectivity index (χ0) is 10.9. The number of halogens is 4. The lowest BCUT2D eigenvalue weighted by Crippen LogP contribution is -2.07. The van der Waals surface area contributed by atoms with Crippen LogP contribution in [0, 0.1) is 23.3 Å². The molecule has 0 spiro atoms. The molecule has 1 aromatic carbocycles. The van der Waals surface area contributed by atoms with E-state index in [2.05, 4.69) is 0 Å². The van der Waals surface area contributed by atoms with Gasteiger partial charge in [0.1, 0.15) is 5.82 Å². The van der Waals surface area contributed by atoms with E-state index in [-0.39, 0.29) is 12.5 Å². The number of hydrogen-bond donors (Lipinski definition) is 1. The number of rotatable bonds is 2. The minimum atomic E-state index is -1.77. The highest BCUT2D eigenvalue weighted by molar-refractivity contribution is 5.24. The van der Waals surface area contributed by atoms with Gasteiger partial charge in [0, 0.05) is 6.07 Å². The molecule has 0 aliphatic heterocycles. The zero-order valence-electron chi connectivity index (χ0n) is 7.32. The van der Waals surface area contributed by atoms with Crippen LogP contribution in [0.1, 0.15) is 25.0 Å². The van der Waals surface area contributed by atoms with Gasteiger partial charge in [-0.05, 0) is 6.42 Å². The third kappa shape index (κ3) is 1.72. The zero-order valence-corrected chi connectivity index (χ0v) is 7.32. The second-order valence-corrected chi connectivity index (χ2v) is 2.81. The molecule has 0 saturated heterocycles. The first-order valence-electron chi connectivity index (χ1n) is 4.00. The van der Waals surface area contributed by atoms with Crippen molar-refractivity contribution >= 4 is 0 Å². The average molecular weight is 208 g/mol. The van der Waals surface area contributed by atoms with Crippen LogP contribution in [-0.4, -0.2) is 5.11 Å². The summed E-state index contributed by atoms with van der Waals surface area (Å²) in [6.45, 7) is 1.46. The van der Waals surface area contributed by atoms with Crippen molar-refractivity contribution in [3.8, 4) is 0 Å². The summed E-state index contributed by atoms with van der Waals surface area (Å²) in [6, 6.07) is 0.215. The third-order valence-corrected chi connectivity index (χ3v) is 1.87. The molecule has 1 aromatic rings. The van der Waals surface area contributed by atoms with E-state index in [0.29, 0.717) is 0 Å². The van der Waals surface area contributed by atoms with Gasteiger partial charge in [-0.15, -0.1) is 0 Å². The Bertz CT molecular complexity index is 351. The quantitative estimate of drug-likeness (QED) is 0.450. The van der Waals surface area contributed by atoms with Crippen molar-refractivity contribution in [1.82, 2.24) is 0 Å². The van der Waals surface area contributed by atoms with Gasteiger partial charge in [0.2, 0.25) is 0 Å². The molecule has 0 heterocycles. The Morgan fingerprint density at radius 1 is 1.14 bits per heavy atom. The van der Waals surface area contributed by atoms with Crippen LogP contribution in [-0.2, 0) is 0 Å². The van der Waals surface area contributed by atoms with E-state index in [4.69, 9.17) is 5.11 Å². The van der Waals surface area contributed by atoms with Crippen molar-refractivity contribution in [3.63, 3.8) is 0 Å². The standard InChI is InChI=1S/C9H8F4O/c1-2-6(14)7-4(10)3-5(11)8(12)9(7)13/h3,6,14H,2H2,1H3. The molecular formula is C9H8F4O. The second-order valence-electron chi connectivity index (χ2n) is 2.81. The van der Waals surface area contributed by atoms with Crippen molar-refractivity contribution in [2.24, 2.45) is 0 Å². The molecular weight excluding hydrogens is 200 g/mol. The van der Waals surface area contributed by atoms with Crippen LogP contribution in [0.25, 0.3) is 0 Å². The van der Waals surface area contributed by atoms with Crippen molar-refractivity contribution in [3.05, 3.63) is 34.9 Å². The molecule has 1 N–H and O–H groups in total. The molecule has 0 aliphatic rings. The van der Waals surface area contributed by atoms with Crippen LogP contribution in [0.3, 0.4) is 0 Å². The third-order valence-electron chi connectivity index (χ3n) is 1.87. The molecule has 1 nitrogen and oxygen atoms in total. The predicted octanol–water partition coefficient (Wildman–Crippen LogP) is 2.69. The van der Waals surface area contributed by atoms with Gasteiger partial charge in [-0.25, -0.2) is 17.6 Å². The number of benzene rings is 1. The lowest BCUT2D eigenvalue weighted by molar-refractivity contribution is 0.161. The van der Waals surface area contributed by atoms with Crippen LogP contribution in [0.2, 0.25) is 0 Å². The first-order chi connectivity index (χ1) is 6.49. The van der Waals surface area contributed by atoms with Gasteiger partial charge >= 0.3 is 0 Å². The Kier molecular flexibility index (Phi) is 3.10. The fourth-order valence-corrected chi connectivity index (χ4v) is 1.09. The largest absolute Gasteiger partial charge is 0.388 e. The molecule has 0 radical (unpaired) electrons. The van der Waals surface area contributed by atoms with E-state index in [1.54, 1.807) is 0 Å². The molecule has 0 bridgehead atoms. The molecule has 14 heavy (non-hydrogen) atoms. The molecule has 0 amide bonds. The van der Waals surface area contributed by atoms with Crippen molar-refractivity contribution in [1.29, 1.82) is 0 Å². The summed E-state index contributed by atoms with van der Waals surface area (Å²) in [4.78, 5) is 0. The van der Waals surface area contributed by atoms with Crippen molar-refractivity contribution < 1.29 is 22.7 Å². The predicted molar refractivity (Wildman–Crippen MR) is 41.5 cm³/mol. The van der Waals surface area contributed by atoms with Gasteiger partial charge in [-0.2, -0.15) is 0 Å². The van der Waals surface area contributed by atoms with Gasteiger partial charge in [-0.1, -0.05) is 6.92 Å². The molecule has 1 atom stereocenters. The van der Waals surface area contributed by atoms with E-state index in [9.17, 15) is 17.6 Å². The number of aliphatic hydroxyl groups excluding tert-OH is 1. The Labute approximate surface area is 78.0 Å². The van der Waals surface area contributed by atoms with Crippen LogP contribution in [0.15, 0.2) is 6.07 Å². The van der Waals surface area contributed by atoms with Gasteiger partial charge in [0.25, 0.3) is 0 Å². The number of aliphatic hydroxyl groups is 1. The second kappa shape index (κ2) is 3.96. The molecule has 0 aliphatic carbocycles. The fourth-order valence-electron chi connectivity index (χ4n) is 1.09. The highest BCUT2D eigenvalue weighted by Gasteiger charge is 2.23. The Hall–Kier alpha value is -1.10. The summed E-state index contributed by atoms with van der Waals surface area (Å²) >= 11 is 0. The summed E-state index contributed by atoms with van der Waals surface area (Å²) in [5.74, 6) is -6.33. The summed E-state index contributed by atoms with van der Waals surface area (Å²) < 4.78 is 51.0. The normalized spacial score (nSPS) is 13.0. The molecule has 78 valence electrons. The molecule has 0 aromatic heterocycles. The summed E-state index contributed by atoms with van der Waals surface area (Å²) in [5, 5.41) is 9.14. The summed E-state index contributed by atoms with van der Waals surface area (Å²) in [6.07, 6.45) is -1.45. The van der Waals surface area contributed by atoms with Gasteiger partial charge in [0.15, 0.2) is 17.5 Å². The van der Waals surface area contributed by atoms with E-state index in [1.807, 2.05) is 0 Å². The topological polar surface area (TPSA) is 20.2 Å². The Balaban J connectivity index is 3.36. The van der Waals surface area contributed by atoms with E-state index in [1.165, 1.54) is 6.92 Å². The van der Waals surface area contributed by atoms with Crippen molar-refractivity contribution in [2.75, 3.05) is 0 Å². The number of hydrogen-bond acceptors (Lipinski definition) is 1. The minimum Gasteiger partial charge on any atom is -0.388 e. The van der Waals surface area contributed by atoms with E-state index >= 15 is 0 Å². The molecule has 5 heteroatoms. The van der Waals surface area contributed by atoms with Crippen LogP contribution < -0.4 is 0 Å². The van der Waals surface area contributed by atoms with Crippen LogP contribution >= 0.6 is 0 Å². The minimum absolute atomic E-state index is 0.0128. The average Bonchev–Trinajstić information content (AvgIpc) is 2.14. The summed E-state index contributed by atoms with van der Waals surface area (Å²) in [5.41, 5.74) is -0.827. The molecule has 0 fully saturated rings. The van der Waals surface area contributed by atoms with E-state index < -0.39 is 34.9 Å². The first kappa shape index (κ1) is 11.0. The van der Waals surface area contributed by atoms with Crippen LogP contribution in [0.5, 0.6) is 0 Å². The van der Waals surface area contributed by atoms with Gasteiger partial charge in [-0.3, -0.25) is 0 Å². The molecule has 1 rings (SSSR count). The smallest absolute Gasteiger partial charge is 0.194 e.